The average molecular weight is 322 g/mol. The molecule has 3 rings (SSSR count). The molecule has 2 aromatic rings. The Bertz CT molecular complexity index is 854. The fourth-order valence-corrected chi connectivity index (χ4v) is 2.38. The van der Waals surface area contributed by atoms with Crippen LogP contribution in [-0.4, -0.2) is 24.9 Å². The maximum atomic E-state index is 12.4. The first-order valence-corrected chi connectivity index (χ1v) is 7.20. The third-order valence-electron chi connectivity index (χ3n) is 3.59. The normalized spacial score (nSPS) is 14.0. The van der Waals surface area contributed by atoms with Gasteiger partial charge in [0.2, 0.25) is 0 Å². The van der Waals surface area contributed by atoms with Crippen molar-refractivity contribution in [3.63, 3.8) is 0 Å². The number of amides is 2. The lowest BCUT2D eigenvalue weighted by atomic mass is 10.0. The largest absolute Gasteiger partial charge is 0.453 e. The number of carbonyl (C=O) groups is 3. The minimum atomic E-state index is -0.588. The minimum absolute atomic E-state index is 0.290. The molecule has 0 saturated heterocycles. The summed E-state index contributed by atoms with van der Waals surface area (Å²) in [6.45, 7) is 0. The topological polar surface area (TPSA) is 84.5 Å². The molecule has 0 aliphatic carbocycles. The van der Waals surface area contributed by atoms with Gasteiger partial charge in [-0.2, -0.15) is 0 Å². The zero-order valence-corrected chi connectivity index (χ0v) is 12.8. The van der Waals surface area contributed by atoms with Crippen molar-refractivity contribution in [2.75, 3.05) is 17.7 Å². The Kier molecular flexibility index (Phi) is 4.11. The molecule has 24 heavy (non-hydrogen) atoms. The summed E-state index contributed by atoms with van der Waals surface area (Å²) in [7, 11) is 1.27. The Morgan fingerprint density at radius 1 is 1.08 bits per heavy atom. The maximum absolute atomic E-state index is 12.4. The second-order valence-corrected chi connectivity index (χ2v) is 5.12. The molecule has 0 atom stereocenters. The predicted molar refractivity (Wildman–Crippen MR) is 89.8 cm³/mol. The van der Waals surface area contributed by atoms with Gasteiger partial charge >= 0.3 is 6.09 Å². The second kappa shape index (κ2) is 6.37. The highest BCUT2D eigenvalue weighted by Crippen LogP contribution is 2.31. The third kappa shape index (κ3) is 3.03. The lowest BCUT2D eigenvalue weighted by Gasteiger charge is -2.04. The number of hydrogen-bond donors (Lipinski definition) is 2. The van der Waals surface area contributed by atoms with Gasteiger partial charge in [-0.15, -0.1) is 0 Å². The van der Waals surface area contributed by atoms with E-state index >= 15 is 0 Å². The summed E-state index contributed by atoms with van der Waals surface area (Å²) >= 11 is 0. The van der Waals surface area contributed by atoms with E-state index < -0.39 is 6.09 Å². The maximum Gasteiger partial charge on any atom is 0.411 e. The van der Waals surface area contributed by atoms with Crippen molar-refractivity contribution in [1.82, 2.24) is 0 Å². The Balaban J connectivity index is 1.82. The van der Waals surface area contributed by atoms with Gasteiger partial charge in [0.15, 0.2) is 5.78 Å². The van der Waals surface area contributed by atoms with Crippen LogP contribution >= 0.6 is 0 Å². The number of hydrogen-bond acceptors (Lipinski definition) is 4. The zero-order chi connectivity index (χ0) is 17.1. The van der Waals surface area contributed by atoms with Crippen molar-refractivity contribution in [3.8, 4) is 0 Å². The number of para-hydroxylation sites is 1. The molecule has 120 valence electrons. The molecule has 0 unspecified atom stereocenters. The van der Waals surface area contributed by atoms with Gasteiger partial charge in [0.05, 0.1) is 12.7 Å². The molecule has 0 saturated carbocycles. The smallest absolute Gasteiger partial charge is 0.411 e. The number of methoxy groups -OCH3 is 1. The van der Waals surface area contributed by atoms with Crippen LogP contribution < -0.4 is 10.6 Å². The van der Waals surface area contributed by atoms with Crippen molar-refractivity contribution in [2.24, 2.45) is 0 Å². The van der Waals surface area contributed by atoms with E-state index in [9.17, 15) is 14.4 Å². The highest BCUT2D eigenvalue weighted by atomic mass is 16.5. The number of fused-ring (bicyclic) bond motifs is 1. The molecule has 0 aromatic heterocycles. The Morgan fingerprint density at radius 2 is 1.79 bits per heavy atom. The fourth-order valence-electron chi connectivity index (χ4n) is 2.38. The number of anilines is 2. The molecule has 2 N–H and O–H groups in total. The number of allylic oxidation sites excluding steroid dienone is 1. The highest BCUT2D eigenvalue weighted by molar-refractivity contribution is 6.35. The van der Waals surface area contributed by atoms with E-state index in [2.05, 4.69) is 15.4 Å². The van der Waals surface area contributed by atoms with Gasteiger partial charge in [-0.05, 0) is 36.4 Å². The first-order chi connectivity index (χ1) is 11.6. The Hall–Kier alpha value is -3.41. The molecule has 0 bridgehead atoms. The fraction of sp³-hybridized carbons (Fsp3) is 0.0556. The molecule has 1 aliphatic rings. The quantitative estimate of drug-likeness (QED) is 0.672. The Labute approximate surface area is 138 Å². The summed E-state index contributed by atoms with van der Waals surface area (Å²) in [4.78, 5) is 35.5. The summed E-state index contributed by atoms with van der Waals surface area (Å²) in [5.41, 5.74) is 2.66. The summed E-state index contributed by atoms with van der Waals surface area (Å²) in [6, 6.07) is 13.5. The third-order valence-corrected chi connectivity index (χ3v) is 3.59. The molecule has 2 aromatic carbocycles. The van der Waals surface area contributed by atoms with E-state index in [4.69, 9.17) is 0 Å². The number of benzene rings is 2. The van der Waals surface area contributed by atoms with Crippen LogP contribution in [0.1, 0.15) is 15.9 Å². The molecule has 6 nitrogen and oxygen atoms in total. The monoisotopic (exact) mass is 322 g/mol. The second-order valence-electron chi connectivity index (χ2n) is 5.12. The van der Waals surface area contributed by atoms with Crippen LogP contribution in [0.5, 0.6) is 0 Å². The van der Waals surface area contributed by atoms with Crippen molar-refractivity contribution in [2.45, 2.75) is 0 Å². The number of rotatable bonds is 3. The van der Waals surface area contributed by atoms with Crippen LogP contribution in [0.25, 0.3) is 5.57 Å². The van der Waals surface area contributed by atoms with Crippen LogP contribution in [0, 0.1) is 0 Å². The highest BCUT2D eigenvalue weighted by Gasteiger charge is 2.24. The molecule has 2 amide bonds. The molecule has 1 aliphatic heterocycles. The zero-order valence-electron chi connectivity index (χ0n) is 12.8. The van der Waals surface area contributed by atoms with E-state index in [0.29, 0.717) is 28.1 Å². The number of nitrogens with one attached hydrogen (secondary N) is 2. The van der Waals surface area contributed by atoms with Crippen LogP contribution in [0.2, 0.25) is 0 Å². The number of ether oxygens (including phenoxy) is 1. The average Bonchev–Trinajstić information content (AvgIpc) is 2.91. The van der Waals surface area contributed by atoms with E-state index in [-0.39, 0.29) is 11.7 Å². The molecular formula is C18H14N2O4. The van der Waals surface area contributed by atoms with Crippen LogP contribution in [0.15, 0.2) is 54.6 Å². The predicted octanol–water partition coefficient (Wildman–Crippen LogP) is 3.08. The number of ketones is 1. The lowest BCUT2D eigenvalue weighted by molar-refractivity contribution is -0.110. The van der Waals surface area contributed by atoms with Gasteiger partial charge in [-0.3, -0.25) is 14.9 Å². The van der Waals surface area contributed by atoms with Gasteiger partial charge in [0.25, 0.3) is 5.91 Å². The first-order valence-electron chi connectivity index (χ1n) is 7.20. The van der Waals surface area contributed by atoms with Gasteiger partial charge < -0.3 is 10.1 Å². The van der Waals surface area contributed by atoms with Gasteiger partial charge in [-0.25, -0.2) is 4.79 Å². The van der Waals surface area contributed by atoms with Gasteiger partial charge in [0.1, 0.15) is 0 Å². The van der Waals surface area contributed by atoms with Crippen molar-refractivity contribution < 1.29 is 19.1 Å². The van der Waals surface area contributed by atoms with Crippen molar-refractivity contribution in [1.29, 1.82) is 0 Å². The van der Waals surface area contributed by atoms with Crippen molar-refractivity contribution in [3.05, 3.63) is 65.7 Å². The summed E-state index contributed by atoms with van der Waals surface area (Å²) < 4.78 is 4.49. The minimum Gasteiger partial charge on any atom is -0.453 e. The standard InChI is InChI=1S/C18H14N2O4/c1-24-18(23)19-12-8-6-11(7-9-12)16(21)10-14-13-4-2-3-5-15(13)20-17(14)22/h2-10H,1H3,(H,19,23)(H,20,22). The van der Waals surface area contributed by atoms with Gasteiger partial charge in [-0.1, -0.05) is 18.2 Å². The molecule has 0 radical (unpaired) electrons. The van der Waals surface area contributed by atoms with E-state index in [0.717, 1.165) is 0 Å². The van der Waals surface area contributed by atoms with Crippen LogP contribution in [0.4, 0.5) is 16.2 Å². The molecule has 0 fully saturated rings. The summed E-state index contributed by atoms with van der Waals surface area (Å²) in [6.07, 6.45) is 0.736. The molecular weight excluding hydrogens is 308 g/mol. The molecule has 0 spiro atoms. The molecule has 1 heterocycles. The van der Waals surface area contributed by atoms with Crippen LogP contribution in [0.3, 0.4) is 0 Å². The van der Waals surface area contributed by atoms with Crippen molar-refractivity contribution >= 4 is 34.7 Å². The first kappa shape index (κ1) is 15.5. The van der Waals surface area contributed by atoms with E-state index in [1.54, 1.807) is 36.4 Å². The number of carbonyl (C=O) groups excluding carboxylic acids is 3. The lowest BCUT2D eigenvalue weighted by Crippen LogP contribution is -2.11. The molecule has 6 heteroatoms. The van der Waals surface area contributed by atoms with Gasteiger partial charge in [0, 0.05) is 22.5 Å². The van der Waals surface area contributed by atoms with Crippen LogP contribution in [-0.2, 0) is 9.53 Å². The summed E-state index contributed by atoms with van der Waals surface area (Å²) in [5.74, 6) is -0.588. The van der Waals surface area contributed by atoms with E-state index in [1.165, 1.54) is 13.2 Å². The summed E-state index contributed by atoms with van der Waals surface area (Å²) in [5, 5.41) is 5.22. The van der Waals surface area contributed by atoms with E-state index in [1.807, 2.05) is 12.1 Å². The Morgan fingerprint density at radius 3 is 2.50 bits per heavy atom. The SMILES string of the molecule is COC(=O)Nc1ccc(C(=O)C=C2C(=O)Nc3ccccc32)cc1.